The normalized spacial score (nSPS) is 35.8. The van der Waals surface area contributed by atoms with Crippen LogP contribution in [-0.2, 0) is 0 Å². The van der Waals surface area contributed by atoms with Crippen LogP contribution in [0.4, 0.5) is 0 Å². The van der Waals surface area contributed by atoms with E-state index in [2.05, 4.69) is 46.6 Å². The Labute approximate surface area is 96.2 Å². The Bertz CT molecular complexity index is 188. The number of rotatable bonds is 3. The molecule has 0 bridgehead atoms. The molecule has 1 saturated heterocycles. The maximum absolute atomic E-state index is 2.58. The van der Waals surface area contributed by atoms with E-state index in [0.717, 1.165) is 29.7 Å². The van der Waals surface area contributed by atoms with Crippen LogP contribution in [0.25, 0.3) is 0 Å². The third kappa shape index (κ3) is 2.75. The van der Waals surface area contributed by atoms with E-state index < -0.39 is 0 Å². The summed E-state index contributed by atoms with van der Waals surface area (Å²) >= 11 is 0. The SMILES string of the molecule is CCC(C)C1CCN(C)C(C(C)C)C1C. The van der Waals surface area contributed by atoms with Crippen molar-refractivity contribution in [2.75, 3.05) is 13.6 Å². The number of nitrogens with zero attached hydrogens (tertiary/aromatic N) is 1. The molecular formula is C14H29N. The first kappa shape index (κ1) is 13.0. The largest absolute Gasteiger partial charge is 0.303 e. The minimum Gasteiger partial charge on any atom is -0.303 e. The van der Waals surface area contributed by atoms with Gasteiger partial charge >= 0.3 is 0 Å². The van der Waals surface area contributed by atoms with Crippen LogP contribution in [0.3, 0.4) is 0 Å². The van der Waals surface area contributed by atoms with E-state index in [4.69, 9.17) is 0 Å². The average Bonchev–Trinajstić information content (AvgIpc) is 2.16. The molecule has 0 saturated carbocycles. The van der Waals surface area contributed by atoms with Crippen molar-refractivity contribution in [1.29, 1.82) is 0 Å². The van der Waals surface area contributed by atoms with Gasteiger partial charge in [-0.25, -0.2) is 0 Å². The molecule has 0 spiro atoms. The fourth-order valence-corrected chi connectivity index (χ4v) is 3.64. The van der Waals surface area contributed by atoms with Gasteiger partial charge in [0.2, 0.25) is 0 Å². The summed E-state index contributed by atoms with van der Waals surface area (Å²) in [6.45, 7) is 13.3. The lowest BCUT2D eigenvalue weighted by atomic mass is 9.71. The van der Waals surface area contributed by atoms with Gasteiger partial charge in [-0.15, -0.1) is 0 Å². The topological polar surface area (TPSA) is 3.24 Å². The molecule has 0 aromatic carbocycles. The van der Waals surface area contributed by atoms with Gasteiger partial charge in [0.1, 0.15) is 0 Å². The molecule has 4 unspecified atom stereocenters. The summed E-state index contributed by atoms with van der Waals surface area (Å²) in [7, 11) is 2.30. The van der Waals surface area contributed by atoms with Crippen molar-refractivity contribution in [2.45, 2.75) is 53.5 Å². The Morgan fingerprint density at radius 3 is 2.33 bits per heavy atom. The van der Waals surface area contributed by atoms with Crippen molar-refractivity contribution in [1.82, 2.24) is 4.90 Å². The molecule has 1 heteroatoms. The highest BCUT2D eigenvalue weighted by Gasteiger charge is 2.36. The van der Waals surface area contributed by atoms with Crippen LogP contribution in [0.2, 0.25) is 0 Å². The third-order valence-corrected chi connectivity index (χ3v) is 4.60. The number of hydrogen-bond acceptors (Lipinski definition) is 1. The summed E-state index contributed by atoms with van der Waals surface area (Å²) in [5.41, 5.74) is 0. The highest BCUT2D eigenvalue weighted by atomic mass is 15.1. The first-order valence-corrected chi connectivity index (χ1v) is 6.69. The van der Waals surface area contributed by atoms with Crippen LogP contribution < -0.4 is 0 Å². The molecule has 1 rings (SSSR count). The summed E-state index contributed by atoms with van der Waals surface area (Å²) in [5.74, 6) is 3.49. The molecule has 90 valence electrons. The molecule has 0 amide bonds. The maximum Gasteiger partial charge on any atom is 0.0144 e. The Kier molecular flexibility index (Phi) is 4.64. The molecule has 0 radical (unpaired) electrons. The molecule has 0 N–H and O–H groups in total. The predicted octanol–water partition coefficient (Wildman–Crippen LogP) is 3.64. The second-order valence-electron chi connectivity index (χ2n) is 5.91. The zero-order valence-corrected chi connectivity index (χ0v) is 11.5. The van der Waals surface area contributed by atoms with Crippen LogP contribution >= 0.6 is 0 Å². The first-order valence-electron chi connectivity index (χ1n) is 6.69. The highest BCUT2D eigenvalue weighted by Crippen LogP contribution is 2.37. The second kappa shape index (κ2) is 5.34. The minimum atomic E-state index is 0.789. The van der Waals surface area contributed by atoms with E-state index in [9.17, 15) is 0 Å². The molecule has 1 heterocycles. The fraction of sp³-hybridized carbons (Fsp3) is 1.00. The van der Waals surface area contributed by atoms with Gasteiger partial charge in [0.25, 0.3) is 0 Å². The lowest BCUT2D eigenvalue weighted by Crippen LogP contribution is -2.50. The molecule has 1 nitrogen and oxygen atoms in total. The second-order valence-corrected chi connectivity index (χ2v) is 5.91. The zero-order valence-electron chi connectivity index (χ0n) is 11.5. The van der Waals surface area contributed by atoms with Crippen LogP contribution in [0.1, 0.15) is 47.5 Å². The summed E-state index contributed by atoms with van der Waals surface area (Å²) in [6, 6.07) is 0.790. The van der Waals surface area contributed by atoms with Gasteiger partial charge in [-0.05, 0) is 43.7 Å². The van der Waals surface area contributed by atoms with E-state index in [1.54, 1.807) is 0 Å². The standard InChI is InChI=1S/C14H29N/c1-7-11(4)13-8-9-15(6)14(10(2)3)12(13)5/h10-14H,7-9H2,1-6H3. The van der Waals surface area contributed by atoms with Gasteiger partial charge in [-0.1, -0.05) is 41.0 Å². The lowest BCUT2D eigenvalue weighted by molar-refractivity contribution is 0.0265. The summed E-state index contributed by atoms with van der Waals surface area (Å²) in [5, 5.41) is 0. The monoisotopic (exact) mass is 211 g/mol. The molecule has 0 aromatic heterocycles. The molecule has 4 atom stereocenters. The molecule has 0 aliphatic carbocycles. The van der Waals surface area contributed by atoms with Crippen LogP contribution in [0, 0.1) is 23.7 Å². The Hall–Kier alpha value is -0.0400. The fourth-order valence-electron chi connectivity index (χ4n) is 3.64. The van der Waals surface area contributed by atoms with Crippen molar-refractivity contribution in [3.63, 3.8) is 0 Å². The van der Waals surface area contributed by atoms with Gasteiger partial charge in [-0.2, -0.15) is 0 Å². The van der Waals surface area contributed by atoms with Gasteiger partial charge in [0, 0.05) is 6.04 Å². The molecule has 1 aliphatic heterocycles. The molecule has 1 aliphatic rings. The highest BCUT2D eigenvalue weighted by molar-refractivity contribution is 4.89. The van der Waals surface area contributed by atoms with Crippen LogP contribution in [0.15, 0.2) is 0 Å². The maximum atomic E-state index is 2.58. The molecule has 1 fully saturated rings. The summed E-state index contributed by atoms with van der Waals surface area (Å²) < 4.78 is 0. The lowest BCUT2D eigenvalue weighted by Gasteiger charge is -2.46. The van der Waals surface area contributed by atoms with E-state index in [-0.39, 0.29) is 0 Å². The summed E-state index contributed by atoms with van der Waals surface area (Å²) in [4.78, 5) is 2.58. The Balaban J connectivity index is 2.72. The predicted molar refractivity (Wildman–Crippen MR) is 68.0 cm³/mol. The Morgan fingerprint density at radius 2 is 1.87 bits per heavy atom. The first-order chi connectivity index (χ1) is 6.99. The van der Waals surface area contributed by atoms with Crippen LogP contribution in [-0.4, -0.2) is 24.5 Å². The van der Waals surface area contributed by atoms with Gasteiger partial charge < -0.3 is 4.90 Å². The molecular weight excluding hydrogens is 182 g/mol. The Morgan fingerprint density at radius 1 is 1.27 bits per heavy atom. The van der Waals surface area contributed by atoms with Crippen molar-refractivity contribution < 1.29 is 0 Å². The van der Waals surface area contributed by atoms with Crippen molar-refractivity contribution >= 4 is 0 Å². The molecule has 0 aromatic rings. The summed E-state index contributed by atoms with van der Waals surface area (Å²) in [6.07, 6.45) is 2.74. The van der Waals surface area contributed by atoms with E-state index in [0.29, 0.717) is 0 Å². The number of likely N-dealkylation sites (tertiary alicyclic amines) is 1. The molecule has 15 heavy (non-hydrogen) atoms. The van der Waals surface area contributed by atoms with Gasteiger partial charge in [0.15, 0.2) is 0 Å². The quantitative estimate of drug-likeness (QED) is 0.689. The van der Waals surface area contributed by atoms with Gasteiger partial charge in [0.05, 0.1) is 0 Å². The zero-order chi connectivity index (χ0) is 11.6. The van der Waals surface area contributed by atoms with E-state index >= 15 is 0 Å². The van der Waals surface area contributed by atoms with Crippen molar-refractivity contribution in [2.24, 2.45) is 23.7 Å². The van der Waals surface area contributed by atoms with Gasteiger partial charge in [-0.3, -0.25) is 0 Å². The average molecular weight is 211 g/mol. The third-order valence-electron chi connectivity index (χ3n) is 4.60. The van der Waals surface area contributed by atoms with E-state index in [1.165, 1.54) is 19.4 Å². The number of hydrogen-bond donors (Lipinski definition) is 0. The van der Waals surface area contributed by atoms with Crippen molar-refractivity contribution in [3.05, 3.63) is 0 Å². The van der Waals surface area contributed by atoms with E-state index in [1.807, 2.05) is 0 Å². The smallest absolute Gasteiger partial charge is 0.0144 e. The minimum absolute atomic E-state index is 0.789. The number of piperidine rings is 1. The van der Waals surface area contributed by atoms with Crippen LogP contribution in [0.5, 0.6) is 0 Å². The van der Waals surface area contributed by atoms with Crippen molar-refractivity contribution in [3.8, 4) is 0 Å².